The third-order valence-corrected chi connectivity index (χ3v) is 3.09. The lowest BCUT2D eigenvalue weighted by molar-refractivity contribution is 1.09. The third-order valence-electron chi connectivity index (χ3n) is 2.86. The first-order valence-electron chi connectivity index (χ1n) is 6.13. The van der Waals surface area contributed by atoms with E-state index in [0.717, 1.165) is 16.1 Å². The zero-order chi connectivity index (χ0) is 13.9. The van der Waals surface area contributed by atoms with Crippen molar-refractivity contribution in [2.75, 3.05) is 17.7 Å². The molecular weight excluding hydrogens is 276 g/mol. The van der Waals surface area contributed by atoms with Gasteiger partial charge in [-0.3, -0.25) is 0 Å². The molecule has 3 N–H and O–H groups in total. The van der Waals surface area contributed by atoms with Crippen molar-refractivity contribution >= 4 is 34.5 Å². The van der Waals surface area contributed by atoms with E-state index >= 15 is 0 Å². The lowest BCUT2D eigenvalue weighted by atomic mass is 10.2. The molecule has 7 heteroatoms. The number of nitrogens with zero attached hydrogens (tertiary/aromatic N) is 3. The number of halogens is 1. The minimum Gasteiger partial charge on any atom is -0.364 e. The highest BCUT2D eigenvalue weighted by Gasteiger charge is 2.08. The van der Waals surface area contributed by atoms with Gasteiger partial charge in [0.05, 0.1) is 6.33 Å². The number of H-pyrrole nitrogens is 1. The molecule has 0 bridgehead atoms. The summed E-state index contributed by atoms with van der Waals surface area (Å²) >= 11 is 5.97. The van der Waals surface area contributed by atoms with Crippen molar-refractivity contribution < 1.29 is 0 Å². The monoisotopic (exact) mass is 288 g/mol. The molecule has 0 aliphatic carbocycles. The van der Waals surface area contributed by atoms with Gasteiger partial charge in [0.2, 0.25) is 5.95 Å². The van der Waals surface area contributed by atoms with E-state index in [1.807, 2.05) is 24.3 Å². The molecule has 0 amide bonds. The summed E-state index contributed by atoms with van der Waals surface area (Å²) in [6.07, 6.45) is 1.60. The molecule has 0 saturated carbocycles. The molecular formula is C13H13ClN6. The Kier molecular flexibility index (Phi) is 3.39. The van der Waals surface area contributed by atoms with Crippen LogP contribution in [-0.2, 0) is 6.54 Å². The third kappa shape index (κ3) is 2.50. The van der Waals surface area contributed by atoms with E-state index in [0.29, 0.717) is 24.0 Å². The maximum Gasteiger partial charge on any atom is 0.226 e. The van der Waals surface area contributed by atoms with Crippen LogP contribution in [0.1, 0.15) is 5.56 Å². The second kappa shape index (κ2) is 5.34. The van der Waals surface area contributed by atoms with Crippen LogP contribution in [0.3, 0.4) is 0 Å². The van der Waals surface area contributed by atoms with Crippen LogP contribution < -0.4 is 10.6 Å². The normalized spacial score (nSPS) is 10.7. The van der Waals surface area contributed by atoms with Crippen molar-refractivity contribution in [3.8, 4) is 0 Å². The van der Waals surface area contributed by atoms with Crippen molar-refractivity contribution in [3.05, 3.63) is 41.2 Å². The molecule has 0 fully saturated rings. The first-order chi connectivity index (χ1) is 9.76. The number of imidazole rings is 1. The number of anilines is 2. The van der Waals surface area contributed by atoms with Crippen LogP contribution in [0.25, 0.3) is 11.2 Å². The molecule has 0 radical (unpaired) electrons. The highest BCUT2D eigenvalue weighted by Crippen LogP contribution is 2.19. The van der Waals surface area contributed by atoms with Crippen molar-refractivity contribution in [2.45, 2.75) is 6.54 Å². The molecule has 3 aromatic rings. The van der Waals surface area contributed by atoms with Crippen LogP contribution >= 0.6 is 11.6 Å². The van der Waals surface area contributed by atoms with Crippen LogP contribution in [0.2, 0.25) is 5.02 Å². The number of hydrogen-bond donors (Lipinski definition) is 3. The predicted molar refractivity (Wildman–Crippen MR) is 80.0 cm³/mol. The van der Waals surface area contributed by atoms with Crippen LogP contribution in [-0.4, -0.2) is 27.0 Å². The molecule has 2 heterocycles. The molecule has 0 atom stereocenters. The molecule has 0 spiro atoms. The first kappa shape index (κ1) is 12.7. The number of aromatic amines is 1. The smallest absolute Gasteiger partial charge is 0.226 e. The Morgan fingerprint density at radius 1 is 1.30 bits per heavy atom. The van der Waals surface area contributed by atoms with Gasteiger partial charge in [-0.15, -0.1) is 0 Å². The van der Waals surface area contributed by atoms with E-state index in [1.54, 1.807) is 13.4 Å². The molecule has 0 aliphatic rings. The summed E-state index contributed by atoms with van der Waals surface area (Å²) in [5.41, 5.74) is 2.48. The SMILES string of the molecule is CNc1nc(NCc2cccc(Cl)c2)c2[nH]cnc2n1. The average Bonchev–Trinajstić information content (AvgIpc) is 2.93. The van der Waals surface area contributed by atoms with Gasteiger partial charge in [-0.05, 0) is 17.7 Å². The Bertz CT molecular complexity index is 739. The highest BCUT2D eigenvalue weighted by atomic mass is 35.5. The Hall–Kier alpha value is -2.34. The van der Waals surface area contributed by atoms with Crippen LogP contribution in [0.5, 0.6) is 0 Å². The fourth-order valence-electron chi connectivity index (χ4n) is 1.91. The predicted octanol–water partition coefficient (Wildman–Crippen LogP) is 2.66. The summed E-state index contributed by atoms with van der Waals surface area (Å²) in [6, 6.07) is 7.69. The van der Waals surface area contributed by atoms with Crippen molar-refractivity contribution in [1.82, 2.24) is 19.9 Å². The topological polar surface area (TPSA) is 78.5 Å². The van der Waals surface area contributed by atoms with E-state index < -0.39 is 0 Å². The van der Waals surface area contributed by atoms with Gasteiger partial charge in [0.15, 0.2) is 11.5 Å². The molecule has 0 aliphatic heterocycles. The molecule has 102 valence electrons. The van der Waals surface area contributed by atoms with Gasteiger partial charge < -0.3 is 15.6 Å². The molecule has 2 aromatic heterocycles. The van der Waals surface area contributed by atoms with Gasteiger partial charge in [0.25, 0.3) is 0 Å². The summed E-state index contributed by atoms with van der Waals surface area (Å²) in [7, 11) is 1.77. The van der Waals surface area contributed by atoms with Crippen molar-refractivity contribution in [3.63, 3.8) is 0 Å². The zero-order valence-corrected chi connectivity index (χ0v) is 11.6. The molecule has 20 heavy (non-hydrogen) atoms. The standard InChI is InChI=1S/C13H13ClN6/c1-15-13-19-11(10-12(20-13)18-7-17-10)16-6-8-3-2-4-9(14)5-8/h2-5,7H,6H2,1H3,(H3,15,16,17,18,19,20). The van der Waals surface area contributed by atoms with Gasteiger partial charge in [0.1, 0.15) is 5.52 Å². The van der Waals surface area contributed by atoms with Gasteiger partial charge in [-0.1, -0.05) is 23.7 Å². The summed E-state index contributed by atoms with van der Waals surface area (Å²) in [4.78, 5) is 15.8. The summed E-state index contributed by atoms with van der Waals surface area (Å²) < 4.78 is 0. The fourth-order valence-corrected chi connectivity index (χ4v) is 2.12. The van der Waals surface area contributed by atoms with Gasteiger partial charge >= 0.3 is 0 Å². The van der Waals surface area contributed by atoms with Crippen LogP contribution in [0, 0.1) is 0 Å². The van der Waals surface area contributed by atoms with Crippen molar-refractivity contribution in [2.24, 2.45) is 0 Å². The van der Waals surface area contributed by atoms with E-state index in [9.17, 15) is 0 Å². The molecule has 0 unspecified atom stereocenters. The second-order valence-electron chi connectivity index (χ2n) is 4.23. The molecule has 6 nitrogen and oxygen atoms in total. The maximum atomic E-state index is 5.97. The van der Waals surface area contributed by atoms with Crippen LogP contribution in [0.4, 0.5) is 11.8 Å². The van der Waals surface area contributed by atoms with E-state index in [2.05, 4.69) is 30.6 Å². The number of hydrogen-bond acceptors (Lipinski definition) is 5. The Morgan fingerprint density at radius 2 is 2.20 bits per heavy atom. The van der Waals surface area contributed by atoms with Crippen molar-refractivity contribution in [1.29, 1.82) is 0 Å². The maximum absolute atomic E-state index is 5.97. The number of benzene rings is 1. The quantitative estimate of drug-likeness (QED) is 0.688. The average molecular weight is 289 g/mol. The number of fused-ring (bicyclic) bond motifs is 1. The largest absolute Gasteiger partial charge is 0.364 e. The molecule has 3 rings (SSSR count). The molecule has 0 saturated heterocycles. The van der Waals surface area contributed by atoms with Gasteiger partial charge in [-0.25, -0.2) is 4.98 Å². The molecule has 1 aromatic carbocycles. The number of nitrogens with one attached hydrogen (secondary N) is 3. The zero-order valence-electron chi connectivity index (χ0n) is 10.8. The second-order valence-corrected chi connectivity index (χ2v) is 4.67. The lowest BCUT2D eigenvalue weighted by Gasteiger charge is -2.08. The van der Waals surface area contributed by atoms with Gasteiger partial charge in [-0.2, -0.15) is 9.97 Å². The summed E-state index contributed by atoms with van der Waals surface area (Å²) in [5, 5.41) is 6.91. The minimum absolute atomic E-state index is 0.526. The lowest BCUT2D eigenvalue weighted by Crippen LogP contribution is -2.05. The highest BCUT2D eigenvalue weighted by molar-refractivity contribution is 6.30. The summed E-state index contributed by atoms with van der Waals surface area (Å²) in [6.45, 7) is 0.620. The van der Waals surface area contributed by atoms with E-state index in [-0.39, 0.29) is 0 Å². The van der Waals surface area contributed by atoms with E-state index in [1.165, 1.54) is 0 Å². The van der Waals surface area contributed by atoms with E-state index in [4.69, 9.17) is 11.6 Å². The Balaban J connectivity index is 1.88. The summed E-state index contributed by atoms with van der Waals surface area (Å²) in [5.74, 6) is 1.23. The van der Waals surface area contributed by atoms with Crippen LogP contribution in [0.15, 0.2) is 30.6 Å². The number of rotatable bonds is 4. The Labute approximate surface area is 120 Å². The first-order valence-corrected chi connectivity index (χ1v) is 6.51. The fraction of sp³-hybridized carbons (Fsp3) is 0.154. The van der Waals surface area contributed by atoms with Gasteiger partial charge in [0, 0.05) is 18.6 Å². The Morgan fingerprint density at radius 3 is 3.00 bits per heavy atom. The number of aromatic nitrogens is 4. The minimum atomic E-state index is 0.526.